The van der Waals surface area contributed by atoms with E-state index in [1.807, 2.05) is 83.4 Å². The number of halogens is 6. The van der Waals surface area contributed by atoms with Crippen LogP contribution < -0.4 is 53.3 Å². The third-order valence-electron chi connectivity index (χ3n) is 27.2. The first kappa shape index (κ1) is 96.8. The molecule has 36 heteroatoms. The number of alkyl carbamates (subject to hydrolysis) is 2. The number of methoxy groups -OCH3 is 4. The lowest BCUT2D eigenvalue weighted by molar-refractivity contribution is -0.151. The van der Waals surface area contributed by atoms with E-state index in [9.17, 15) is 34.8 Å². The molecule has 8 aliphatic heterocycles. The second kappa shape index (κ2) is 40.7. The molecular formula is C99H102Cl6N8O20S2. The van der Waals surface area contributed by atoms with Gasteiger partial charge >= 0.3 is 24.1 Å². The van der Waals surface area contributed by atoms with Crippen LogP contribution in [0.2, 0.25) is 0 Å². The van der Waals surface area contributed by atoms with Crippen molar-refractivity contribution in [3.63, 3.8) is 0 Å². The molecule has 0 radical (unpaired) electrons. The fourth-order valence-electron chi connectivity index (χ4n) is 21.8. The van der Waals surface area contributed by atoms with Gasteiger partial charge in [-0.2, -0.15) is 34.0 Å². The van der Waals surface area contributed by atoms with Gasteiger partial charge < -0.3 is 86.8 Å². The topological polar surface area (TPSA) is 312 Å². The molecule has 28 nitrogen and oxygen atoms in total. The van der Waals surface area contributed by atoms with Crippen molar-refractivity contribution in [2.45, 2.75) is 145 Å². The summed E-state index contributed by atoms with van der Waals surface area (Å²) in [5.41, 5.74) is 19.0. The highest BCUT2D eigenvalue weighted by molar-refractivity contribution is 7.99. The van der Waals surface area contributed by atoms with Gasteiger partial charge in [-0.05, 0) is 134 Å². The number of thioether (sulfide) groups is 2. The predicted octanol–water partition coefficient (Wildman–Crippen LogP) is 17.0. The molecule has 2 amide bonds. The Bertz CT molecular complexity index is 5930. The van der Waals surface area contributed by atoms with Crippen LogP contribution in [0.1, 0.15) is 125 Å². The van der Waals surface area contributed by atoms with Gasteiger partial charge in [0.1, 0.15) is 68.7 Å². The average molecular weight is 2000 g/mol. The molecule has 8 aromatic carbocycles. The van der Waals surface area contributed by atoms with Gasteiger partial charge in [0.25, 0.3) is 0 Å². The van der Waals surface area contributed by atoms with E-state index in [1.54, 1.807) is 41.4 Å². The number of phenols is 1. The zero-order valence-electron chi connectivity index (χ0n) is 75.8. The molecule has 10 aliphatic rings. The Hall–Kier alpha value is -9.84. The van der Waals surface area contributed by atoms with Crippen molar-refractivity contribution in [3.05, 3.63) is 211 Å². The number of benzene rings is 8. The van der Waals surface area contributed by atoms with Gasteiger partial charge in [-0.25, -0.2) is 19.2 Å². The molecule has 0 saturated carbocycles. The maximum atomic E-state index is 14.7. The fraction of sp³-hybridized carbons (Fsp3) is 0.434. The Labute approximate surface area is 821 Å². The normalized spacial score (nSPS) is 21.6. The number of ether oxygens (including phenoxy) is 15. The number of nitrogens with zero attached hydrogens (tertiary/aromatic N) is 6. The Balaban J connectivity index is 0.000000188. The maximum absolute atomic E-state index is 14.7. The number of alkyl halides is 6. The summed E-state index contributed by atoms with van der Waals surface area (Å²) < 4.78 is 85.8. The van der Waals surface area contributed by atoms with Crippen molar-refractivity contribution in [1.82, 2.24) is 30.2 Å². The van der Waals surface area contributed by atoms with Gasteiger partial charge in [0, 0.05) is 118 Å². The smallest absolute Gasteiger partial charge is 0.408 e. The van der Waals surface area contributed by atoms with Crippen LogP contribution in [-0.2, 0) is 63.7 Å². The number of hydrogen-bond acceptors (Lipinski definition) is 28. The summed E-state index contributed by atoms with van der Waals surface area (Å²) in [5.74, 6) is 4.74. The van der Waals surface area contributed by atoms with Crippen LogP contribution in [0.4, 0.5) is 9.59 Å². The third kappa shape index (κ3) is 18.5. The Morgan fingerprint density at radius 3 is 1.29 bits per heavy atom. The molecule has 0 aromatic heterocycles. The van der Waals surface area contributed by atoms with Crippen LogP contribution in [0.5, 0.6) is 57.5 Å². The number of nitriles is 2. The zero-order valence-corrected chi connectivity index (χ0v) is 81.9. The van der Waals surface area contributed by atoms with Crippen LogP contribution >= 0.6 is 93.1 Å². The third-order valence-corrected chi connectivity index (χ3v) is 30.2. The summed E-state index contributed by atoms with van der Waals surface area (Å²) in [7, 11) is 10.4. The molecule has 12 atom stereocenters. The number of rotatable bonds is 29. The Morgan fingerprint density at radius 1 is 0.519 bits per heavy atom. The summed E-state index contributed by atoms with van der Waals surface area (Å²) in [6.07, 6.45) is 1.47. The number of piperazine rings is 2. The van der Waals surface area contributed by atoms with E-state index in [2.05, 4.69) is 110 Å². The van der Waals surface area contributed by atoms with Gasteiger partial charge in [-0.15, -0.1) is 0 Å². The molecule has 2 fully saturated rings. The highest BCUT2D eigenvalue weighted by Crippen LogP contribution is 2.62. The second-order valence-electron chi connectivity index (χ2n) is 34.7. The van der Waals surface area contributed by atoms with Gasteiger partial charge in [-0.1, -0.05) is 191 Å². The van der Waals surface area contributed by atoms with Crippen LogP contribution in [0.25, 0.3) is 22.3 Å². The summed E-state index contributed by atoms with van der Waals surface area (Å²) >= 11 is 38.5. The molecule has 8 aromatic rings. The van der Waals surface area contributed by atoms with Crippen LogP contribution in [0.15, 0.2) is 122 Å². The van der Waals surface area contributed by atoms with E-state index in [1.165, 1.54) is 56.9 Å². The van der Waals surface area contributed by atoms with E-state index in [-0.39, 0.29) is 100 Å². The molecule has 2 unspecified atom stereocenters. The first-order chi connectivity index (χ1) is 65.0. The highest BCUT2D eigenvalue weighted by atomic mass is 35.6. The minimum absolute atomic E-state index is 0.0162. The highest BCUT2D eigenvalue weighted by Gasteiger charge is 2.60. The summed E-state index contributed by atoms with van der Waals surface area (Å²) in [4.78, 5) is 64.5. The van der Waals surface area contributed by atoms with E-state index < -0.39 is 93.3 Å². The standard InChI is InChI=1S/C51H53Cl3N4O10S.C48H49Cl3N4O10S/c1-7-16-63-45-28(3)46-48(68-26-67-46)42-34(45)19-38-43-41-29(17-27(2)44(62-6)47(41)66-25-61-5)18-37(57(43)4)39(20-55)58(38)40(42)21-64-49(59)36(56-50(60)65-24-51(52,53)54)23-69-22-35-32-14-10-8-12-30(32)31-13-9-11-15-33(31)35;1-24-14-26-15-34-36(17-52)55-35(40(54(34)3)38(26)44(42(24)60-5)63-22-59-4)16-31-39(45-43(64-23-65-45)25(2)41(31)56)37(55)18-61-46(57)33(53-47(58)62-21-48(49,50)51)20-66-19-32-29-12-8-6-10-27(29)28-11-7-9-13-30(28)32/h7-15,17,35-40,43H,1,16,18-19,21-26H2,2-6H3,(H,56,60);6-14,32-37,40,56H,15-16,18-23H2,1-5H3,(H,53,58)/t36-,37+,38?,39+,40+,43+;33-,34+,35?,36+,37+,40+/m11/s1. The van der Waals surface area contributed by atoms with Gasteiger partial charge in [-0.3, -0.25) is 19.6 Å². The number of esters is 2. The van der Waals surface area contributed by atoms with Crippen molar-refractivity contribution in [3.8, 4) is 91.9 Å². The monoisotopic (exact) mass is 2000 g/mol. The molecule has 2 saturated heterocycles. The number of aryl methyl sites for hydroxylation is 2. The number of fused-ring (bicyclic) bond motifs is 24. The van der Waals surface area contributed by atoms with Gasteiger partial charge in [0.05, 0.1) is 50.5 Å². The molecule has 3 N–H and O–H groups in total. The first-order valence-corrected chi connectivity index (χ1v) is 48.7. The first-order valence-electron chi connectivity index (χ1n) is 44.2. The average Bonchev–Trinajstić information content (AvgIpc) is 1.62. The summed E-state index contributed by atoms with van der Waals surface area (Å²) in [5, 5.41) is 39.8. The summed E-state index contributed by atoms with van der Waals surface area (Å²) in [6.45, 7) is 9.95. The number of hydrogen-bond donors (Lipinski definition) is 3. The molecule has 4 bridgehead atoms. The van der Waals surface area contributed by atoms with Crippen LogP contribution in [0.3, 0.4) is 0 Å². The molecule has 18 rings (SSSR count). The van der Waals surface area contributed by atoms with E-state index >= 15 is 0 Å². The summed E-state index contributed by atoms with van der Waals surface area (Å²) in [6, 6.07) is 35.0. The number of likely N-dealkylation sites (N-methyl/N-ethyl adjacent to an activating group) is 2. The molecule has 135 heavy (non-hydrogen) atoms. The lowest BCUT2D eigenvalue weighted by atomic mass is 9.71. The number of phenolic OH excluding ortho intramolecular Hbond substituents is 1. The number of amides is 2. The van der Waals surface area contributed by atoms with Crippen molar-refractivity contribution < 1.29 is 95.3 Å². The molecule has 0 spiro atoms. The van der Waals surface area contributed by atoms with E-state index in [4.69, 9.17) is 141 Å². The molecular weight excluding hydrogens is 1900 g/mol. The quantitative estimate of drug-likeness (QED) is 0.0129. The lowest BCUT2D eigenvalue weighted by Crippen LogP contribution is -2.68. The van der Waals surface area contributed by atoms with Crippen molar-refractivity contribution >= 4 is 117 Å². The van der Waals surface area contributed by atoms with Crippen molar-refractivity contribution in [1.29, 1.82) is 10.5 Å². The SMILES string of the molecule is C=CCOc1c(C)c2c(c3c1CC1[C@H]4c5c(cc(C)c(OC)c5OCOC)C[C@@H]([C@H](C#N)N1[C@H]3COC(=O)[C@@H](CSCC1c3ccccc3-c3ccccc31)NC(=O)OCC(Cl)(Cl)Cl)N4C)OCO2.COCOc1c(OC)c(C)cc2c1[C@@H]1C3Cc4c(O)c(C)c5c(c4[C@H](COC(=O)[C@@H](CSCC4c6ccccc6-c6ccccc64)NC(=O)OCC(Cl)(Cl)Cl)N3[C@@H](C#N)[C@H](C2)N1C)OCO5. The van der Waals surface area contributed by atoms with Crippen LogP contribution in [0, 0.1) is 50.4 Å². The molecule has 2 aliphatic carbocycles. The minimum atomic E-state index is -1.88. The fourth-order valence-corrected chi connectivity index (χ4v) is 24.5. The predicted molar refractivity (Wildman–Crippen MR) is 513 cm³/mol. The van der Waals surface area contributed by atoms with Crippen molar-refractivity contribution in [2.24, 2.45) is 0 Å². The second-order valence-corrected chi connectivity index (χ2v) is 41.9. The van der Waals surface area contributed by atoms with Crippen molar-refractivity contribution in [2.75, 3.05) is 126 Å². The Morgan fingerprint density at radius 2 is 0.904 bits per heavy atom. The zero-order chi connectivity index (χ0) is 95.3. The molecule has 8 heterocycles. The van der Waals surface area contributed by atoms with E-state index in [0.717, 1.165) is 55.6 Å². The number of carbonyl (C=O) groups excluding carboxylic acids is 4. The number of aromatic hydroxyl groups is 1. The number of carbonyl (C=O) groups is 4. The lowest BCUT2D eigenvalue weighted by Gasteiger charge is -2.60. The molecule has 712 valence electrons. The Kier molecular flexibility index (Phi) is 29.2. The maximum Gasteiger partial charge on any atom is 0.408 e. The van der Waals surface area contributed by atoms with Gasteiger partial charge in [0.2, 0.25) is 21.2 Å². The van der Waals surface area contributed by atoms with Crippen LogP contribution in [-0.4, -0.2) is 231 Å². The van der Waals surface area contributed by atoms with Gasteiger partial charge in [0.15, 0.2) is 59.6 Å². The number of nitrogens with one attached hydrogen (secondary N) is 2. The largest absolute Gasteiger partial charge is 0.507 e. The minimum Gasteiger partial charge on any atom is -0.507 e. The van der Waals surface area contributed by atoms with E-state index in [0.29, 0.717) is 111 Å².